The first-order valence-corrected chi connectivity index (χ1v) is 5.19. The molecule has 0 bridgehead atoms. The Morgan fingerprint density at radius 1 is 1.56 bits per heavy atom. The lowest BCUT2D eigenvalue weighted by atomic mass is 10.2. The van der Waals surface area contributed by atoms with E-state index in [1.807, 2.05) is 25.3 Å². The molecule has 2 rings (SSSR count). The molecule has 1 N–H and O–H groups in total. The van der Waals surface area contributed by atoms with Gasteiger partial charge in [-0.05, 0) is 25.0 Å². The molecule has 2 heterocycles. The maximum Gasteiger partial charge on any atom is 0.303 e. The van der Waals surface area contributed by atoms with E-state index in [0.717, 1.165) is 11.2 Å². The molecule has 16 heavy (non-hydrogen) atoms. The van der Waals surface area contributed by atoms with E-state index in [4.69, 9.17) is 5.11 Å². The summed E-state index contributed by atoms with van der Waals surface area (Å²) in [5, 5.41) is 12.8. The zero-order chi connectivity index (χ0) is 11.5. The summed E-state index contributed by atoms with van der Waals surface area (Å²) in [6.45, 7) is 1.98. The van der Waals surface area contributed by atoms with Crippen LogP contribution in [0.2, 0.25) is 0 Å². The molecule has 0 fully saturated rings. The molecular weight excluding hydrogens is 206 g/mol. The fraction of sp³-hybridized carbons (Fsp3) is 0.364. The van der Waals surface area contributed by atoms with Crippen molar-refractivity contribution in [2.24, 2.45) is 0 Å². The summed E-state index contributed by atoms with van der Waals surface area (Å²) in [6.07, 6.45) is 3.18. The average molecular weight is 219 g/mol. The van der Waals surface area contributed by atoms with Crippen LogP contribution in [-0.4, -0.2) is 25.7 Å². The first kappa shape index (κ1) is 10.6. The number of pyridine rings is 1. The molecule has 0 spiro atoms. The fourth-order valence-corrected chi connectivity index (χ4v) is 1.59. The van der Waals surface area contributed by atoms with Crippen molar-refractivity contribution >= 4 is 11.6 Å². The van der Waals surface area contributed by atoms with Crippen LogP contribution in [0.15, 0.2) is 18.3 Å². The highest BCUT2D eigenvalue weighted by Gasteiger charge is 2.06. The van der Waals surface area contributed by atoms with Gasteiger partial charge in [0.1, 0.15) is 0 Å². The molecule has 0 aliphatic carbocycles. The van der Waals surface area contributed by atoms with Crippen molar-refractivity contribution in [2.45, 2.75) is 26.2 Å². The van der Waals surface area contributed by atoms with Crippen LogP contribution >= 0.6 is 0 Å². The third kappa shape index (κ3) is 2.18. The van der Waals surface area contributed by atoms with Gasteiger partial charge in [0.2, 0.25) is 0 Å². The first-order valence-electron chi connectivity index (χ1n) is 5.19. The summed E-state index contributed by atoms with van der Waals surface area (Å²) >= 11 is 0. The van der Waals surface area contributed by atoms with Gasteiger partial charge in [0.15, 0.2) is 11.5 Å². The molecule has 84 valence electrons. The standard InChI is InChI=1S/C11H13N3O2/c1-8-4-3-7-14-11(8)12-9(13-14)5-2-6-10(15)16/h3-4,7H,2,5-6H2,1H3,(H,15,16). The second-order valence-corrected chi connectivity index (χ2v) is 3.73. The summed E-state index contributed by atoms with van der Waals surface area (Å²) in [5.74, 6) is -0.0736. The molecule has 0 saturated heterocycles. The van der Waals surface area contributed by atoms with Gasteiger partial charge in [-0.2, -0.15) is 5.10 Å². The third-order valence-electron chi connectivity index (χ3n) is 2.39. The Hall–Kier alpha value is -1.91. The van der Waals surface area contributed by atoms with E-state index in [1.165, 1.54) is 0 Å². The Balaban J connectivity index is 2.14. The van der Waals surface area contributed by atoms with Crippen LogP contribution in [0.4, 0.5) is 0 Å². The average Bonchev–Trinajstić information content (AvgIpc) is 2.61. The molecule has 5 heteroatoms. The van der Waals surface area contributed by atoms with Crippen LogP contribution in [0.1, 0.15) is 24.2 Å². The predicted molar refractivity (Wildman–Crippen MR) is 58.3 cm³/mol. The Morgan fingerprint density at radius 3 is 3.06 bits per heavy atom. The Kier molecular flexibility index (Phi) is 2.85. The highest BCUT2D eigenvalue weighted by Crippen LogP contribution is 2.08. The van der Waals surface area contributed by atoms with Gasteiger partial charge >= 0.3 is 5.97 Å². The molecule has 0 aromatic carbocycles. The quantitative estimate of drug-likeness (QED) is 0.845. The van der Waals surface area contributed by atoms with Crippen LogP contribution in [0.25, 0.3) is 5.65 Å². The maximum absolute atomic E-state index is 10.4. The molecule has 0 radical (unpaired) electrons. The van der Waals surface area contributed by atoms with Crippen LogP contribution in [0.5, 0.6) is 0 Å². The van der Waals surface area contributed by atoms with Gasteiger partial charge in [0.05, 0.1) is 0 Å². The SMILES string of the molecule is Cc1cccn2nc(CCCC(=O)O)nc12. The second kappa shape index (κ2) is 4.30. The van der Waals surface area contributed by atoms with Gasteiger partial charge in [-0.1, -0.05) is 6.07 Å². The predicted octanol–water partition coefficient (Wildman–Crippen LogP) is 1.45. The van der Waals surface area contributed by atoms with Crippen molar-refractivity contribution in [2.75, 3.05) is 0 Å². The van der Waals surface area contributed by atoms with Gasteiger partial charge in [0, 0.05) is 19.0 Å². The van der Waals surface area contributed by atoms with Gasteiger partial charge in [-0.3, -0.25) is 4.79 Å². The molecule has 5 nitrogen and oxygen atoms in total. The van der Waals surface area contributed by atoms with Crippen LogP contribution in [0.3, 0.4) is 0 Å². The van der Waals surface area contributed by atoms with E-state index in [1.54, 1.807) is 4.52 Å². The van der Waals surface area contributed by atoms with Crippen molar-refractivity contribution in [3.05, 3.63) is 29.7 Å². The van der Waals surface area contributed by atoms with Crippen LogP contribution in [-0.2, 0) is 11.2 Å². The monoisotopic (exact) mass is 219 g/mol. The minimum atomic E-state index is -0.778. The Morgan fingerprint density at radius 2 is 2.38 bits per heavy atom. The molecule has 0 amide bonds. The zero-order valence-electron chi connectivity index (χ0n) is 9.05. The Bertz CT molecular complexity index is 519. The second-order valence-electron chi connectivity index (χ2n) is 3.73. The number of carboxylic acid groups (broad SMARTS) is 1. The first-order chi connectivity index (χ1) is 7.66. The zero-order valence-corrected chi connectivity index (χ0v) is 9.05. The molecule has 0 saturated carbocycles. The van der Waals surface area contributed by atoms with E-state index < -0.39 is 5.97 Å². The summed E-state index contributed by atoms with van der Waals surface area (Å²) in [5.41, 5.74) is 1.91. The molecule has 0 aliphatic heterocycles. The van der Waals surface area contributed by atoms with Crippen molar-refractivity contribution in [1.82, 2.24) is 14.6 Å². The number of nitrogens with zero attached hydrogens (tertiary/aromatic N) is 3. The van der Waals surface area contributed by atoms with Crippen molar-refractivity contribution in [1.29, 1.82) is 0 Å². The van der Waals surface area contributed by atoms with E-state index in [0.29, 0.717) is 18.7 Å². The summed E-state index contributed by atoms with van der Waals surface area (Å²) < 4.78 is 1.73. The highest BCUT2D eigenvalue weighted by molar-refractivity contribution is 5.66. The molecule has 0 atom stereocenters. The lowest BCUT2D eigenvalue weighted by molar-refractivity contribution is -0.137. The minimum absolute atomic E-state index is 0.161. The summed E-state index contributed by atoms with van der Waals surface area (Å²) in [6, 6.07) is 3.89. The van der Waals surface area contributed by atoms with Gasteiger partial charge in [-0.25, -0.2) is 9.50 Å². The fourth-order valence-electron chi connectivity index (χ4n) is 1.59. The van der Waals surface area contributed by atoms with E-state index in [-0.39, 0.29) is 6.42 Å². The lowest BCUT2D eigenvalue weighted by Crippen LogP contribution is -1.97. The molecule has 0 aliphatic rings. The number of aliphatic carboxylic acids is 1. The largest absolute Gasteiger partial charge is 0.481 e. The minimum Gasteiger partial charge on any atom is -0.481 e. The van der Waals surface area contributed by atoms with Crippen LogP contribution < -0.4 is 0 Å². The number of hydrogen-bond acceptors (Lipinski definition) is 3. The number of aryl methyl sites for hydroxylation is 2. The van der Waals surface area contributed by atoms with Crippen molar-refractivity contribution in [3.8, 4) is 0 Å². The normalized spacial score (nSPS) is 10.8. The van der Waals surface area contributed by atoms with Gasteiger partial charge < -0.3 is 5.11 Å². The Labute approximate surface area is 92.7 Å². The van der Waals surface area contributed by atoms with Crippen molar-refractivity contribution in [3.63, 3.8) is 0 Å². The van der Waals surface area contributed by atoms with E-state index in [2.05, 4.69) is 10.1 Å². The number of rotatable bonds is 4. The van der Waals surface area contributed by atoms with Gasteiger partial charge in [0.25, 0.3) is 0 Å². The smallest absolute Gasteiger partial charge is 0.303 e. The number of carboxylic acids is 1. The van der Waals surface area contributed by atoms with E-state index in [9.17, 15) is 4.79 Å². The third-order valence-corrected chi connectivity index (χ3v) is 2.39. The molecule has 0 unspecified atom stereocenters. The number of hydrogen-bond donors (Lipinski definition) is 1. The summed E-state index contributed by atoms with van der Waals surface area (Å²) in [7, 11) is 0. The maximum atomic E-state index is 10.4. The van der Waals surface area contributed by atoms with E-state index >= 15 is 0 Å². The topological polar surface area (TPSA) is 67.5 Å². The molecule has 2 aromatic rings. The number of fused-ring (bicyclic) bond motifs is 1. The van der Waals surface area contributed by atoms with Gasteiger partial charge in [-0.15, -0.1) is 0 Å². The number of carbonyl (C=O) groups is 1. The highest BCUT2D eigenvalue weighted by atomic mass is 16.4. The molecular formula is C11H13N3O2. The number of aromatic nitrogens is 3. The molecule has 2 aromatic heterocycles. The summed E-state index contributed by atoms with van der Waals surface area (Å²) in [4.78, 5) is 14.7. The van der Waals surface area contributed by atoms with Crippen LogP contribution in [0, 0.1) is 6.92 Å². The lowest BCUT2D eigenvalue weighted by Gasteiger charge is -1.92. The van der Waals surface area contributed by atoms with Crippen molar-refractivity contribution < 1.29 is 9.90 Å².